The SMILES string of the molecule is C=CCN(Cc1occc1CNCCC)C(C)C. The maximum atomic E-state index is 5.61. The van der Waals surface area contributed by atoms with Gasteiger partial charge in [-0.05, 0) is 32.9 Å². The first kappa shape index (κ1) is 15.0. The van der Waals surface area contributed by atoms with E-state index in [9.17, 15) is 0 Å². The van der Waals surface area contributed by atoms with Gasteiger partial charge in [-0.15, -0.1) is 6.58 Å². The minimum absolute atomic E-state index is 0.490. The summed E-state index contributed by atoms with van der Waals surface area (Å²) in [5, 5.41) is 3.41. The van der Waals surface area contributed by atoms with Crippen LogP contribution in [0.15, 0.2) is 29.4 Å². The van der Waals surface area contributed by atoms with Crippen molar-refractivity contribution in [3.8, 4) is 0 Å². The van der Waals surface area contributed by atoms with Gasteiger partial charge in [0, 0.05) is 24.7 Å². The molecule has 0 bridgehead atoms. The van der Waals surface area contributed by atoms with Crippen LogP contribution in [0.1, 0.15) is 38.5 Å². The molecule has 0 unspecified atom stereocenters. The van der Waals surface area contributed by atoms with Crippen molar-refractivity contribution in [1.82, 2.24) is 10.2 Å². The highest BCUT2D eigenvalue weighted by Crippen LogP contribution is 2.15. The van der Waals surface area contributed by atoms with Crippen LogP contribution < -0.4 is 5.32 Å². The second-order valence-electron chi connectivity index (χ2n) is 4.86. The third kappa shape index (κ3) is 4.67. The molecule has 0 saturated carbocycles. The van der Waals surface area contributed by atoms with Crippen LogP contribution in [0.4, 0.5) is 0 Å². The molecule has 1 aromatic rings. The van der Waals surface area contributed by atoms with Crippen molar-refractivity contribution in [3.05, 3.63) is 36.3 Å². The fraction of sp³-hybridized carbons (Fsp3) is 0.600. The predicted octanol–water partition coefficient (Wildman–Crippen LogP) is 3.18. The Balaban J connectivity index is 2.59. The molecule has 102 valence electrons. The first-order valence-electron chi connectivity index (χ1n) is 6.80. The highest BCUT2D eigenvalue weighted by molar-refractivity contribution is 5.17. The Morgan fingerprint density at radius 2 is 2.28 bits per heavy atom. The summed E-state index contributed by atoms with van der Waals surface area (Å²) in [5.74, 6) is 1.06. The quantitative estimate of drug-likeness (QED) is 0.539. The summed E-state index contributed by atoms with van der Waals surface area (Å²) >= 11 is 0. The molecule has 18 heavy (non-hydrogen) atoms. The summed E-state index contributed by atoms with van der Waals surface area (Å²) in [6, 6.07) is 2.55. The lowest BCUT2D eigenvalue weighted by Crippen LogP contribution is -2.30. The molecule has 0 aromatic carbocycles. The first-order chi connectivity index (χ1) is 8.69. The Morgan fingerprint density at radius 1 is 1.50 bits per heavy atom. The number of rotatable bonds is 9. The molecular weight excluding hydrogens is 224 g/mol. The van der Waals surface area contributed by atoms with Crippen LogP contribution in [0, 0.1) is 0 Å². The molecule has 0 saturated heterocycles. The van der Waals surface area contributed by atoms with Crippen molar-refractivity contribution in [3.63, 3.8) is 0 Å². The first-order valence-corrected chi connectivity index (χ1v) is 6.80. The van der Waals surface area contributed by atoms with Crippen molar-refractivity contribution in [2.75, 3.05) is 13.1 Å². The molecule has 0 fully saturated rings. The molecule has 1 heterocycles. The summed E-state index contributed by atoms with van der Waals surface area (Å²) in [6.45, 7) is 14.0. The molecule has 0 spiro atoms. The van der Waals surface area contributed by atoms with Gasteiger partial charge in [0.15, 0.2) is 0 Å². The van der Waals surface area contributed by atoms with Crippen LogP contribution in [0.25, 0.3) is 0 Å². The van der Waals surface area contributed by atoms with Gasteiger partial charge in [0.2, 0.25) is 0 Å². The topological polar surface area (TPSA) is 28.4 Å². The number of hydrogen-bond acceptors (Lipinski definition) is 3. The van der Waals surface area contributed by atoms with Crippen LogP contribution in [-0.2, 0) is 13.1 Å². The normalized spacial score (nSPS) is 11.4. The molecule has 0 aliphatic carbocycles. The van der Waals surface area contributed by atoms with Crippen molar-refractivity contribution >= 4 is 0 Å². The maximum Gasteiger partial charge on any atom is 0.122 e. The van der Waals surface area contributed by atoms with E-state index >= 15 is 0 Å². The van der Waals surface area contributed by atoms with Crippen LogP contribution in [0.2, 0.25) is 0 Å². The number of nitrogens with one attached hydrogen (secondary N) is 1. The van der Waals surface area contributed by atoms with E-state index < -0.39 is 0 Å². The van der Waals surface area contributed by atoms with Crippen molar-refractivity contribution in [2.24, 2.45) is 0 Å². The highest BCUT2D eigenvalue weighted by atomic mass is 16.3. The molecule has 1 N–H and O–H groups in total. The van der Waals surface area contributed by atoms with Crippen LogP contribution in [-0.4, -0.2) is 24.0 Å². The lowest BCUT2D eigenvalue weighted by Gasteiger charge is -2.24. The van der Waals surface area contributed by atoms with Gasteiger partial charge in [0.1, 0.15) is 5.76 Å². The van der Waals surface area contributed by atoms with E-state index in [-0.39, 0.29) is 0 Å². The molecule has 0 radical (unpaired) electrons. The van der Waals surface area contributed by atoms with Crippen LogP contribution >= 0.6 is 0 Å². The standard InChI is InChI=1S/C15H26N2O/c1-5-8-16-11-14-7-10-18-15(14)12-17(9-6-2)13(3)4/h6-7,10,13,16H,2,5,8-9,11-12H2,1,3-4H3. The van der Waals surface area contributed by atoms with Crippen LogP contribution in [0.5, 0.6) is 0 Å². The zero-order valence-electron chi connectivity index (χ0n) is 11.9. The molecule has 3 nitrogen and oxygen atoms in total. The van der Waals surface area contributed by atoms with Gasteiger partial charge in [-0.1, -0.05) is 13.0 Å². The van der Waals surface area contributed by atoms with E-state index in [1.54, 1.807) is 6.26 Å². The Bertz CT molecular complexity index is 344. The zero-order chi connectivity index (χ0) is 13.4. The minimum atomic E-state index is 0.490. The molecule has 0 aliphatic heterocycles. The fourth-order valence-electron chi connectivity index (χ4n) is 1.87. The summed E-state index contributed by atoms with van der Waals surface area (Å²) in [6.07, 6.45) is 4.88. The van der Waals surface area contributed by atoms with Crippen LogP contribution in [0.3, 0.4) is 0 Å². The van der Waals surface area contributed by atoms with E-state index in [2.05, 4.69) is 43.6 Å². The number of hydrogen-bond donors (Lipinski definition) is 1. The van der Waals surface area contributed by atoms with E-state index in [0.29, 0.717) is 6.04 Å². The van der Waals surface area contributed by atoms with Crippen molar-refractivity contribution < 1.29 is 4.42 Å². The van der Waals surface area contributed by atoms with E-state index in [1.807, 2.05) is 6.08 Å². The number of nitrogens with zero attached hydrogens (tertiary/aromatic N) is 1. The molecule has 0 atom stereocenters. The molecule has 1 rings (SSSR count). The van der Waals surface area contributed by atoms with Crippen molar-refractivity contribution in [1.29, 1.82) is 0 Å². The van der Waals surface area contributed by atoms with Gasteiger partial charge >= 0.3 is 0 Å². The van der Waals surface area contributed by atoms with E-state index in [0.717, 1.165) is 38.4 Å². The van der Waals surface area contributed by atoms with Crippen molar-refractivity contribution in [2.45, 2.75) is 46.3 Å². The second-order valence-corrected chi connectivity index (χ2v) is 4.86. The summed E-state index contributed by atoms with van der Waals surface area (Å²) in [7, 11) is 0. The molecule has 0 aliphatic rings. The van der Waals surface area contributed by atoms with Gasteiger partial charge in [0.25, 0.3) is 0 Å². The smallest absolute Gasteiger partial charge is 0.122 e. The Kier molecular flexibility index (Phi) is 6.76. The highest BCUT2D eigenvalue weighted by Gasteiger charge is 2.13. The Morgan fingerprint density at radius 3 is 2.89 bits per heavy atom. The molecule has 1 aromatic heterocycles. The van der Waals surface area contributed by atoms with Gasteiger partial charge < -0.3 is 9.73 Å². The minimum Gasteiger partial charge on any atom is -0.468 e. The lowest BCUT2D eigenvalue weighted by molar-refractivity contribution is 0.217. The van der Waals surface area contributed by atoms with Gasteiger partial charge in [-0.2, -0.15) is 0 Å². The molecule has 0 amide bonds. The molecular formula is C15H26N2O. The monoisotopic (exact) mass is 250 g/mol. The predicted molar refractivity (Wildman–Crippen MR) is 76.4 cm³/mol. The largest absolute Gasteiger partial charge is 0.468 e. The summed E-state index contributed by atoms with van der Waals surface area (Å²) in [4.78, 5) is 2.34. The fourth-order valence-corrected chi connectivity index (χ4v) is 1.87. The van der Waals surface area contributed by atoms with Gasteiger partial charge in [0.05, 0.1) is 12.8 Å². The van der Waals surface area contributed by atoms with E-state index in [1.165, 1.54) is 5.56 Å². The zero-order valence-corrected chi connectivity index (χ0v) is 11.9. The number of furan rings is 1. The maximum absolute atomic E-state index is 5.61. The average molecular weight is 250 g/mol. The lowest BCUT2D eigenvalue weighted by atomic mass is 10.2. The Hall–Kier alpha value is -1.06. The summed E-state index contributed by atoms with van der Waals surface area (Å²) in [5.41, 5.74) is 1.26. The third-order valence-electron chi connectivity index (χ3n) is 3.02. The second kappa shape index (κ2) is 8.11. The van der Waals surface area contributed by atoms with E-state index in [4.69, 9.17) is 4.42 Å². The Labute approximate surface area is 111 Å². The van der Waals surface area contributed by atoms with Gasteiger partial charge in [-0.3, -0.25) is 4.90 Å². The average Bonchev–Trinajstić information content (AvgIpc) is 2.76. The molecule has 3 heteroatoms. The summed E-state index contributed by atoms with van der Waals surface area (Å²) < 4.78 is 5.61. The van der Waals surface area contributed by atoms with Gasteiger partial charge in [-0.25, -0.2) is 0 Å². The third-order valence-corrected chi connectivity index (χ3v) is 3.02.